The molecular weight excluding hydrogens is 409 g/mol. The minimum absolute atomic E-state index is 0.0599. The lowest BCUT2D eigenvalue weighted by molar-refractivity contribution is -0.126. The van der Waals surface area contributed by atoms with Crippen LogP contribution in [-0.2, 0) is 16.1 Å². The number of carbonyl (C=O) groups excluding carboxylic acids is 2. The summed E-state index contributed by atoms with van der Waals surface area (Å²) in [5.41, 5.74) is 3.64. The molecule has 0 bridgehead atoms. The summed E-state index contributed by atoms with van der Waals surface area (Å²) in [5, 5.41) is 2.89. The fourth-order valence-corrected chi connectivity index (χ4v) is 3.76. The fraction of sp³-hybridized carbons (Fsp3) is 0.240. The van der Waals surface area contributed by atoms with Gasteiger partial charge in [-0.3, -0.25) is 9.59 Å². The van der Waals surface area contributed by atoms with Gasteiger partial charge in [0.25, 0.3) is 0 Å². The van der Waals surface area contributed by atoms with Crippen molar-refractivity contribution in [3.05, 3.63) is 83.3 Å². The molecule has 0 spiro atoms. The van der Waals surface area contributed by atoms with Crippen LogP contribution >= 0.6 is 0 Å². The molecule has 2 aromatic carbocycles. The van der Waals surface area contributed by atoms with E-state index in [0.29, 0.717) is 17.9 Å². The first-order valence-corrected chi connectivity index (χ1v) is 10.4. The zero-order valence-corrected chi connectivity index (χ0v) is 18.0. The second-order valence-electron chi connectivity index (χ2n) is 7.87. The molecule has 2 amide bonds. The minimum atomic E-state index is -0.438. The standard InChI is InChI=1S/C25H24FN3O3/c1-16-6-3-10-22(17(16)2)29-15-19(12-23(29)30)24(31)28-14-18-7-5-11-27-25(18)32-21-9-4-8-20(26)13-21/h3-11,13,19H,12,14-15H2,1-2H3,(H,28,31). The third-order valence-electron chi connectivity index (χ3n) is 5.68. The van der Waals surface area contributed by atoms with E-state index in [0.717, 1.165) is 16.8 Å². The lowest BCUT2D eigenvalue weighted by atomic mass is 10.1. The van der Waals surface area contributed by atoms with Crippen molar-refractivity contribution in [2.45, 2.75) is 26.8 Å². The van der Waals surface area contributed by atoms with Crippen LogP contribution in [0.1, 0.15) is 23.1 Å². The molecule has 0 radical (unpaired) electrons. The molecule has 1 N–H and O–H groups in total. The summed E-state index contributed by atoms with van der Waals surface area (Å²) in [7, 11) is 0. The molecule has 6 nitrogen and oxygen atoms in total. The van der Waals surface area contributed by atoms with Gasteiger partial charge in [-0.1, -0.05) is 24.3 Å². The van der Waals surface area contributed by atoms with Crippen LogP contribution < -0.4 is 15.0 Å². The lowest BCUT2D eigenvalue weighted by Gasteiger charge is -2.20. The van der Waals surface area contributed by atoms with Gasteiger partial charge in [0.15, 0.2) is 0 Å². The summed E-state index contributed by atoms with van der Waals surface area (Å²) in [4.78, 5) is 31.3. The maximum Gasteiger partial charge on any atom is 0.227 e. The Labute approximate surface area is 186 Å². The number of nitrogens with zero attached hydrogens (tertiary/aromatic N) is 2. The van der Waals surface area contributed by atoms with Gasteiger partial charge >= 0.3 is 0 Å². The highest BCUT2D eigenvalue weighted by molar-refractivity contribution is 6.00. The van der Waals surface area contributed by atoms with Crippen LogP contribution in [-0.4, -0.2) is 23.3 Å². The largest absolute Gasteiger partial charge is 0.439 e. The number of carbonyl (C=O) groups is 2. The van der Waals surface area contributed by atoms with Crippen LogP contribution in [0.5, 0.6) is 11.6 Å². The summed E-state index contributed by atoms with van der Waals surface area (Å²) in [6.07, 6.45) is 1.73. The molecule has 1 saturated heterocycles. The number of benzene rings is 2. The van der Waals surface area contributed by atoms with Crippen LogP contribution in [0.4, 0.5) is 10.1 Å². The Bertz CT molecular complexity index is 1160. The first kappa shape index (κ1) is 21.5. The highest BCUT2D eigenvalue weighted by Crippen LogP contribution is 2.30. The average molecular weight is 433 g/mol. The van der Waals surface area contributed by atoms with Crippen molar-refractivity contribution in [2.75, 3.05) is 11.4 Å². The van der Waals surface area contributed by atoms with Gasteiger partial charge in [-0.25, -0.2) is 9.37 Å². The Morgan fingerprint density at radius 1 is 1.19 bits per heavy atom. The Kier molecular flexibility index (Phi) is 6.16. The predicted molar refractivity (Wildman–Crippen MR) is 119 cm³/mol. The monoisotopic (exact) mass is 433 g/mol. The van der Waals surface area contributed by atoms with Crippen molar-refractivity contribution >= 4 is 17.5 Å². The molecule has 164 valence electrons. The smallest absolute Gasteiger partial charge is 0.227 e. The first-order chi connectivity index (χ1) is 15.4. The van der Waals surface area contributed by atoms with E-state index in [1.165, 1.54) is 12.1 Å². The Morgan fingerprint density at radius 2 is 2.00 bits per heavy atom. The Hall–Kier alpha value is -3.74. The highest BCUT2D eigenvalue weighted by atomic mass is 19.1. The van der Waals surface area contributed by atoms with Crippen LogP contribution in [0.2, 0.25) is 0 Å². The van der Waals surface area contributed by atoms with E-state index in [9.17, 15) is 14.0 Å². The van der Waals surface area contributed by atoms with E-state index in [4.69, 9.17) is 4.74 Å². The van der Waals surface area contributed by atoms with Crippen LogP contribution in [0.3, 0.4) is 0 Å². The number of ether oxygens (including phenoxy) is 1. The van der Waals surface area contributed by atoms with Gasteiger partial charge in [-0.05, 0) is 49.2 Å². The molecule has 32 heavy (non-hydrogen) atoms. The third-order valence-corrected chi connectivity index (χ3v) is 5.68. The SMILES string of the molecule is Cc1cccc(N2CC(C(=O)NCc3cccnc3Oc3cccc(F)c3)CC2=O)c1C. The number of aryl methyl sites for hydroxylation is 1. The van der Waals surface area contributed by atoms with Crippen molar-refractivity contribution in [1.82, 2.24) is 10.3 Å². The first-order valence-electron chi connectivity index (χ1n) is 10.4. The second-order valence-corrected chi connectivity index (χ2v) is 7.87. The van der Waals surface area contributed by atoms with Crippen molar-refractivity contribution < 1.29 is 18.7 Å². The number of nitrogens with one attached hydrogen (secondary N) is 1. The van der Waals surface area contributed by atoms with Gasteiger partial charge in [-0.15, -0.1) is 0 Å². The number of hydrogen-bond donors (Lipinski definition) is 1. The second kappa shape index (κ2) is 9.18. The molecule has 0 aliphatic carbocycles. The molecule has 1 atom stereocenters. The van der Waals surface area contributed by atoms with Gasteiger partial charge in [0.05, 0.1) is 5.92 Å². The number of aromatic nitrogens is 1. The molecule has 1 unspecified atom stereocenters. The van der Waals surface area contributed by atoms with Crippen molar-refractivity contribution in [1.29, 1.82) is 0 Å². The predicted octanol–water partition coefficient (Wildman–Crippen LogP) is 4.30. The summed E-state index contributed by atoms with van der Waals surface area (Å²) in [5.74, 6) is -0.499. The van der Waals surface area contributed by atoms with Crippen LogP contribution in [0.15, 0.2) is 60.8 Å². The van der Waals surface area contributed by atoms with E-state index in [2.05, 4.69) is 10.3 Å². The Balaban J connectivity index is 1.41. The summed E-state index contributed by atoms with van der Waals surface area (Å²) in [6.45, 7) is 4.51. The summed E-state index contributed by atoms with van der Waals surface area (Å²) < 4.78 is 19.1. The van der Waals surface area contributed by atoms with E-state index in [1.54, 1.807) is 35.4 Å². The molecule has 0 saturated carbocycles. The average Bonchev–Trinajstić information content (AvgIpc) is 3.16. The number of pyridine rings is 1. The minimum Gasteiger partial charge on any atom is -0.439 e. The molecule has 4 rings (SSSR count). The van der Waals surface area contributed by atoms with E-state index in [1.807, 2.05) is 32.0 Å². The molecule has 1 aromatic heterocycles. The lowest BCUT2D eigenvalue weighted by Crippen LogP contribution is -2.33. The van der Waals surface area contributed by atoms with Crippen LogP contribution in [0.25, 0.3) is 0 Å². The number of anilines is 1. The maximum atomic E-state index is 13.4. The van der Waals surface area contributed by atoms with E-state index >= 15 is 0 Å². The molecule has 1 fully saturated rings. The van der Waals surface area contributed by atoms with Gasteiger partial charge in [0, 0.05) is 43.0 Å². The Morgan fingerprint density at radius 3 is 2.81 bits per heavy atom. The van der Waals surface area contributed by atoms with E-state index in [-0.39, 0.29) is 30.7 Å². The number of amides is 2. The third kappa shape index (κ3) is 4.61. The van der Waals surface area contributed by atoms with E-state index < -0.39 is 11.7 Å². The normalized spacial score (nSPS) is 15.7. The molecule has 7 heteroatoms. The zero-order chi connectivity index (χ0) is 22.7. The molecule has 2 heterocycles. The molecule has 3 aromatic rings. The number of halogens is 1. The van der Waals surface area contributed by atoms with Gasteiger partial charge in [-0.2, -0.15) is 0 Å². The number of rotatable bonds is 6. The van der Waals surface area contributed by atoms with Gasteiger partial charge in [0.2, 0.25) is 17.7 Å². The van der Waals surface area contributed by atoms with Gasteiger partial charge in [0.1, 0.15) is 11.6 Å². The van der Waals surface area contributed by atoms with Crippen LogP contribution in [0, 0.1) is 25.6 Å². The van der Waals surface area contributed by atoms with Crippen molar-refractivity contribution in [2.24, 2.45) is 5.92 Å². The number of hydrogen-bond acceptors (Lipinski definition) is 4. The molecule has 1 aliphatic heterocycles. The molecular formula is C25H24FN3O3. The summed E-state index contributed by atoms with van der Waals surface area (Å²) >= 11 is 0. The van der Waals surface area contributed by atoms with Crippen molar-refractivity contribution in [3.63, 3.8) is 0 Å². The van der Waals surface area contributed by atoms with Crippen molar-refractivity contribution in [3.8, 4) is 11.6 Å². The zero-order valence-electron chi connectivity index (χ0n) is 18.0. The fourth-order valence-electron chi connectivity index (χ4n) is 3.76. The topological polar surface area (TPSA) is 71.5 Å². The van der Waals surface area contributed by atoms with Gasteiger partial charge < -0.3 is 15.0 Å². The summed E-state index contributed by atoms with van der Waals surface area (Å²) in [6, 6.07) is 15.1. The highest BCUT2D eigenvalue weighted by Gasteiger charge is 2.35. The molecule has 1 aliphatic rings. The quantitative estimate of drug-likeness (QED) is 0.629. The maximum absolute atomic E-state index is 13.4.